The first kappa shape index (κ1) is 27.8. The minimum Gasteiger partial charge on any atom is -0.465 e. The van der Waals surface area contributed by atoms with Crippen molar-refractivity contribution in [2.24, 2.45) is 16.3 Å². The van der Waals surface area contributed by atoms with Gasteiger partial charge in [-0.3, -0.25) is 9.79 Å². The number of esters is 1. The number of ether oxygens (including phenoxy) is 1. The van der Waals surface area contributed by atoms with Crippen LogP contribution in [0.4, 0.5) is 13.2 Å². The molecule has 4 rings (SSSR count). The van der Waals surface area contributed by atoms with Gasteiger partial charge in [-0.25, -0.2) is 4.79 Å². The summed E-state index contributed by atoms with van der Waals surface area (Å²) in [6.45, 7) is 6.44. The van der Waals surface area contributed by atoms with Crippen molar-refractivity contribution in [2.75, 3.05) is 13.7 Å². The van der Waals surface area contributed by atoms with Crippen molar-refractivity contribution in [2.45, 2.75) is 64.4 Å². The van der Waals surface area contributed by atoms with Gasteiger partial charge < -0.3 is 14.7 Å². The highest BCUT2D eigenvalue weighted by Crippen LogP contribution is 2.47. The molecule has 1 unspecified atom stereocenters. The van der Waals surface area contributed by atoms with Crippen LogP contribution in [0.15, 0.2) is 53.5 Å². The summed E-state index contributed by atoms with van der Waals surface area (Å²) in [5.74, 6) is -0.591. The zero-order valence-corrected chi connectivity index (χ0v) is 22.0. The maximum absolute atomic E-state index is 13.7. The van der Waals surface area contributed by atoms with E-state index in [1.807, 2.05) is 0 Å². The number of hydrogen-bond donors (Lipinski definition) is 1. The van der Waals surface area contributed by atoms with Gasteiger partial charge in [0.05, 0.1) is 30.9 Å². The smallest absolute Gasteiger partial charge is 0.416 e. The number of nitrogens with zero attached hydrogens (tertiary/aromatic N) is 2. The number of methoxy groups -OCH3 is 1. The minimum absolute atomic E-state index is 0.0152. The molecule has 1 amide bonds. The number of carbonyl (C=O) groups is 2. The minimum atomic E-state index is -4.55. The van der Waals surface area contributed by atoms with Crippen molar-refractivity contribution in [1.82, 2.24) is 4.90 Å². The van der Waals surface area contributed by atoms with Crippen LogP contribution in [0.5, 0.6) is 0 Å². The molecule has 1 fully saturated rings. The first-order valence-corrected chi connectivity index (χ1v) is 12.7. The molecule has 1 aliphatic carbocycles. The number of alkyl halides is 3. The molecule has 1 spiro atoms. The molecular formula is C29H33F3N2O4. The van der Waals surface area contributed by atoms with Gasteiger partial charge in [-0.05, 0) is 66.8 Å². The SMILES string of the molecule is COC(=O)c1ccc(C(O)CN2C(=O)C(c3cccc(C(F)(F)F)c3)=NC23CCC(C(C)(C)C)CC3)cc1. The molecule has 2 aromatic rings. The largest absolute Gasteiger partial charge is 0.465 e. The van der Waals surface area contributed by atoms with Gasteiger partial charge in [0.2, 0.25) is 0 Å². The van der Waals surface area contributed by atoms with E-state index in [2.05, 4.69) is 20.8 Å². The number of β-amino-alcohol motifs (C(OH)–C–C–N with tert-alkyl or cyclic N) is 1. The maximum Gasteiger partial charge on any atom is 0.416 e. The van der Waals surface area contributed by atoms with Crippen molar-refractivity contribution in [3.05, 3.63) is 70.8 Å². The number of benzene rings is 2. The first-order chi connectivity index (χ1) is 17.7. The standard InChI is InChI=1S/C29H33F3N2O4/c1-27(2,3)21-12-14-28(15-13-21)33-24(20-6-5-7-22(16-20)29(30,31)32)25(36)34(28)17-23(35)18-8-10-19(11-9-18)26(37)38-4/h5-11,16,21,23,35H,12-15,17H2,1-4H3. The Kier molecular flexibility index (Phi) is 7.45. The van der Waals surface area contributed by atoms with E-state index in [9.17, 15) is 27.9 Å². The van der Waals surface area contributed by atoms with Crippen LogP contribution in [0, 0.1) is 11.3 Å². The fraction of sp³-hybridized carbons (Fsp3) is 0.483. The van der Waals surface area contributed by atoms with E-state index in [0.29, 0.717) is 29.9 Å². The van der Waals surface area contributed by atoms with Gasteiger partial charge in [0.25, 0.3) is 5.91 Å². The summed E-state index contributed by atoms with van der Waals surface area (Å²) in [4.78, 5) is 31.8. The predicted molar refractivity (Wildman–Crippen MR) is 137 cm³/mol. The van der Waals surface area contributed by atoms with Crippen LogP contribution in [-0.4, -0.2) is 46.9 Å². The van der Waals surface area contributed by atoms with Crippen molar-refractivity contribution in [1.29, 1.82) is 0 Å². The molecule has 2 aliphatic rings. The average Bonchev–Trinajstić information content (AvgIpc) is 3.13. The predicted octanol–water partition coefficient (Wildman–Crippen LogP) is 5.79. The number of amides is 1. The molecular weight excluding hydrogens is 497 g/mol. The second-order valence-electron chi connectivity index (χ2n) is 11.2. The molecule has 204 valence electrons. The zero-order chi connectivity index (χ0) is 27.9. The zero-order valence-electron chi connectivity index (χ0n) is 22.0. The van der Waals surface area contributed by atoms with E-state index in [-0.39, 0.29) is 23.2 Å². The maximum atomic E-state index is 13.7. The summed E-state index contributed by atoms with van der Waals surface area (Å²) >= 11 is 0. The van der Waals surface area contributed by atoms with Crippen LogP contribution in [0.3, 0.4) is 0 Å². The van der Waals surface area contributed by atoms with E-state index in [0.717, 1.165) is 25.0 Å². The number of aliphatic hydroxyl groups is 1. The van der Waals surface area contributed by atoms with Gasteiger partial charge in [0.15, 0.2) is 0 Å². The second-order valence-corrected chi connectivity index (χ2v) is 11.2. The van der Waals surface area contributed by atoms with E-state index < -0.39 is 35.4 Å². The second kappa shape index (κ2) is 10.2. The highest BCUT2D eigenvalue weighted by Gasteiger charge is 2.50. The molecule has 1 N–H and O–H groups in total. The van der Waals surface area contributed by atoms with Crippen molar-refractivity contribution < 1.29 is 32.6 Å². The van der Waals surface area contributed by atoms with Crippen molar-refractivity contribution in [3.8, 4) is 0 Å². The Labute approximate surface area is 220 Å². The van der Waals surface area contributed by atoms with Gasteiger partial charge in [-0.1, -0.05) is 45.0 Å². The highest BCUT2D eigenvalue weighted by molar-refractivity contribution is 6.46. The van der Waals surface area contributed by atoms with Crippen LogP contribution in [0.25, 0.3) is 0 Å². The van der Waals surface area contributed by atoms with Crippen LogP contribution in [0.2, 0.25) is 0 Å². The lowest BCUT2D eigenvalue weighted by atomic mass is 9.69. The molecule has 1 aliphatic heterocycles. The van der Waals surface area contributed by atoms with Gasteiger partial charge in [-0.2, -0.15) is 13.2 Å². The number of halogens is 3. The Morgan fingerprint density at radius 3 is 2.32 bits per heavy atom. The van der Waals surface area contributed by atoms with Gasteiger partial charge in [0, 0.05) is 5.56 Å². The third-order valence-corrected chi connectivity index (χ3v) is 7.82. The molecule has 0 saturated heterocycles. The Balaban J connectivity index is 1.66. The molecule has 1 heterocycles. The molecule has 0 radical (unpaired) electrons. The topological polar surface area (TPSA) is 79.2 Å². The highest BCUT2D eigenvalue weighted by atomic mass is 19.4. The van der Waals surface area contributed by atoms with E-state index in [4.69, 9.17) is 9.73 Å². The number of hydrogen-bond acceptors (Lipinski definition) is 5. The fourth-order valence-electron chi connectivity index (χ4n) is 5.48. The third-order valence-electron chi connectivity index (χ3n) is 7.82. The quantitative estimate of drug-likeness (QED) is 0.497. The molecule has 9 heteroatoms. The van der Waals surface area contributed by atoms with Crippen LogP contribution in [0.1, 0.15) is 79.6 Å². The number of aliphatic hydroxyl groups excluding tert-OH is 1. The summed E-state index contributed by atoms with van der Waals surface area (Å²) in [5.41, 5.74) is -0.789. The Morgan fingerprint density at radius 2 is 1.76 bits per heavy atom. The van der Waals surface area contributed by atoms with Crippen LogP contribution >= 0.6 is 0 Å². The van der Waals surface area contributed by atoms with E-state index in [1.54, 1.807) is 12.1 Å². The normalized spacial score (nSPS) is 22.9. The molecule has 1 atom stereocenters. The fourth-order valence-corrected chi connectivity index (χ4v) is 5.48. The Hall–Kier alpha value is -3.20. The number of aliphatic imine (C=N–C) groups is 1. The molecule has 0 aromatic heterocycles. The average molecular weight is 531 g/mol. The van der Waals surface area contributed by atoms with Crippen LogP contribution < -0.4 is 0 Å². The molecule has 2 aromatic carbocycles. The lowest BCUT2D eigenvalue weighted by Gasteiger charge is -2.45. The monoisotopic (exact) mass is 530 g/mol. The third kappa shape index (κ3) is 5.48. The van der Waals surface area contributed by atoms with Crippen molar-refractivity contribution in [3.63, 3.8) is 0 Å². The summed E-state index contributed by atoms with van der Waals surface area (Å²) in [6, 6.07) is 10.9. The Bertz CT molecular complexity index is 1220. The molecule has 6 nitrogen and oxygen atoms in total. The summed E-state index contributed by atoms with van der Waals surface area (Å²) in [6.07, 6.45) is -2.92. The lowest BCUT2D eigenvalue weighted by molar-refractivity contribution is -0.137. The van der Waals surface area contributed by atoms with E-state index >= 15 is 0 Å². The number of carbonyl (C=O) groups excluding carboxylic acids is 2. The number of rotatable bonds is 5. The van der Waals surface area contributed by atoms with Gasteiger partial charge in [-0.15, -0.1) is 0 Å². The van der Waals surface area contributed by atoms with Gasteiger partial charge in [0.1, 0.15) is 11.4 Å². The van der Waals surface area contributed by atoms with Crippen molar-refractivity contribution >= 4 is 17.6 Å². The summed E-state index contributed by atoms with van der Waals surface area (Å²) in [7, 11) is 1.28. The van der Waals surface area contributed by atoms with Crippen LogP contribution in [-0.2, 0) is 15.7 Å². The van der Waals surface area contributed by atoms with Gasteiger partial charge >= 0.3 is 12.1 Å². The molecule has 0 bridgehead atoms. The lowest BCUT2D eigenvalue weighted by Crippen LogP contribution is -2.51. The van der Waals surface area contributed by atoms with E-state index in [1.165, 1.54) is 36.3 Å². The molecule has 38 heavy (non-hydrogen) atoms. The first-order valence-electron chi connectivity index (χ1n) is 12.7. The Morgan fingerprint density at radius 1 is 1.13 bits per heavy atom. The summed E-state index contributed by atoms with van der Waals surface area (Å²) < 4.78 is 44.9. The molecule has 1 saturated carbocycles. The summed E-state index contributed by atoms with van der Waals surface area (Å²) in [5, 5.41) is 11.1.